The number of nitrogens with zero attached hydrogens (tertiary/aromatic N) is 1. The molecule has 0 aliphatic rings. The Morgan fingerprint density at radius 2 is 2.00 bits per heavy atom. The van der Waals surface area contributed by atoms with Crippen LogP contribution < -0.4 is 16.2 Å². The number of carbonyl (C=O) groups is 2. The smallest absolute Gasteiger partial charge is 0.330 e. The van der Waals surface area contributed by atoms with Gasteiger partial charge in [0.25, 0.3) is 0 Å². The molecule has 1 rings (SSSR count). The van der Waals surface area contributed by atoms with Crippen LogP contribution in [0.3, 0.4) is 0 Å². The van der Waals surface area contributed by atoms with Gasteiger partial charge in [-0.15, -0.1) is 0 Å². The predicted molar refractivity (Wildman–Crippen MR) is 66.2 cm³/mol. The molecule has 2 amide bonds. The van der Waals surface area contributed by atoms with Gasteiger partial charge >= 0.3 is 12.0 Å². The minimum absolute atomic E-state index is 0.124. The third kappa shape index (κ3) is 4.31. The van der Waals surface area contributed by atoms with Crippen molar-refractivity contribution in [3.05, 3.63) is 28.7 Å². The second-order valence-electron chi connectivity index (χ2n) is 3.11. The number of amides is 2. The molecule has 0 spiro atoms. The first-order valence-corrected chi connectivity index (χ1v) is 5.48. The molecule has 0 heterocycles. The van der Waals surface area contributed by atoms with E-state index < -0.39 is 12.0 Å². The number of nitrogens with one attached hydrogen (secondary N) is 1. The first-order valence-electron chi connectivity index (χ1n) is 4.69. The van der Waals surface area contributed by atoms with Gasteiger partial charge in [-0.3, -0.25) is 9.80 Å². The summed E-state index contributed by atoms with van der Waals surface area (Å²) < 4.78 is 5.41. The van der Waals surface area contributed by atoms with E-state index >= 15 is 0 Å². The molecular weight excluding hydrogens is 290 g/mol. The molecule has 17 heavy (non-hydrogen) atoms. The Balaban J connectivity index is 2.85. The molecule has 0 saturated heterocycles. The average molecular weight is 302 g/mol. The van der Waals surface area contributed by atoms with Gasteiger partial charge in [-0.25, -0.2) is 10.2 Å². The maximum atomic E-state index is 11.2. The highest BCUT2D eigenvalue weighted by Gasteiger charge is 2.13. The first kappa shape index (κ1) is 13.3. The number of carbonyl (C=O) groups excluding carboxylic acids is 2. The summed E-state index contributed by atoms with van der Waals surface area (Å²) in [5.41, 5.74) is 7.98. The number of benzene rings is 1. The quantitative estimate of drug-likeness (QED) is 0.642. The Kier molecular flexibility index (Phi) is 4.77. The van der Waals surface area contributed by atoms with E-state index in [1.54, 1.807) is 24.3 Å². The maximum absolute atomic E-state index is 11.2. The third-order valence-electron chi connectivity index (χ3n) is 1.90. The Morgan fingerprint density at radius 3 is 2.47 bits per heavy atom. The van der Waals surface area contributed by atoms with E-state index in [2.05, 4.69) is 26.1 Å². The summed E-state index contributed by atoms with van der Waals surface area (Å²) in [7, 11) is 1.27. The number of urea groups is 1. The molecule has 3 N–H and O–H groups in total. The van der Waals surface area contributed by atoms with Crippen LogP contribution in [0.1, 0.15) is 0 Å². The Bertz CT molecular complexity index is 408. The second kappa shape index (κ2) is 6.09. The molecule has 0 aliphatic heterocycles. The molecule has 0 atom stereocenters. The van der Waals surface area contributed by atoms with E-state index in [4.69, 9.17) is 5.73 Å². The van der Waals surface area contributed by atoms with Crippen molar-refractivity contribution in [2.75, 3.05) is 18.7 Å². The van der Waals surface area contributed by atoms with Crippen molar-refractivity contribution in [2.45, 2.75) is 0 Å². The van der Waals surface area contributed by atoms with E-state index in [1.807, 2.05) is 0 Å². The van der Waals surface area contributed by atoms with Gasteiger partial charge in [-0.05, 0) is 24.3 Å². The molecule has 0 radical (unpaired) electrons. The van der Waals surface area contributed by atoms with Crippen LogP contribution in [0.15, 0.2) is 28.7 Å². The second-order valence-corrected chi connectivity index (χ2v) is 4.03. The van der Waals surface area contributed by atoms with Crippen LogP contribution in [0.4, 0.5) is 10.5 Å². The molecule has 0 bridgehead atoms. The van der Waals surface area contributed by atoms with E-state index in [-0.39, 0.29) is 6.54 Å². The minimum Gasteiger partial charge on any atom is -0.468 e. The highest BCUT2D eigenvalue weighted by Crippen LogP contribution is 2.16. The van der Waals surface area contributed by atoms with Crippen LogP contribution in [-0.4, -0.2) is 25.7 Å². The van der Waals surface area contributed by atoms with Gasteiger partial charge in [0.2, 0.25) is 0 Å². The minimum atomic E-state index is -0.753. The lowest BCUT2D eigenvalue weighted by atomic mass is 10.3. The number of hydrogen-bond acceptors (Lipinski definition) is 4. The van der Waals surface area contributed by atoms with Crippen molar-refractivity contribution in [2.24, 2.45) is 5.73 Å². The maximum Gasteiger partial charge on any atom is 0.330 e. The molecule has 0 unspecified atom stereocenters. The van der Waals surface area contributed by atoms with Crippen molar-refractivity contribution in [1.82, 2.24) is 5.43 Å². The summed E-state index contributed by atoms with van der Waals surface area (Å²) >= 11 is 3.29. The monoisotopic (exact) mass is 301 g/mol. The number of nitrogens with two attached hydrogens (primary N) is 1. The van der Waals surface area contributed by atoms with Gasteiger partial charge in [0.1, 0.15) is 6.54 Å². The molecule has 1 aromatic carbocycles. The summed E-state index contributed by atoms with van der Waals surface area (Å²) in [5.74, 6) is -0.485. The number of rotatable bonds is 4. The van der Waals surface area contributed by atoms with Crippen molar-refractivity contribution >= 4 is 33.6 Å². The fourth-order valence-corrected chi connectivity index (χ4v) is 1.41. The van der Waals surface area contributed by atoms with Crippen LogP contribution in [0, 0.1) is 0 Å². The van der Waals surface area contributed by atoms with Crippen LogP contribution in [0.5, 0.6) is 0 Å². The predicted octanol–water partition coefficient (Wildman–Crippen LogP) is 1.01. The number of hydrazine groups is 1. The summed E-state index contributed by atoms with van der Waals surface area (Å²) in [4.78, 5) is 22.0. The molecule has 92 valence electrons. The van der Waals surface area contributed by atoms with Crippen LogP contribution in [0.2, 0.25) is 0 Å². The molecule has 0 saturated carbocycles. The zero-order valence-corrected chi connectivity index (χ0v) is 10.7. The van der Waals surface area contributed by atoms with Gasteiger partial charge in [0.15, 0.2) is 0 Å². The van der Waals surface area contributed by atoms with Gasteiger partial charge in [-0.1, -0.05) is 15.9 Å². The number of ether oxygens (including phenoxy) is 1. The molecule has 0 fully saturated rings. The molecule has 0 aliphatic carbocycles. The Labute approximate surface area is 107 Å². The number of anilines is 1. The lowest BCUT2D eigenvalue weighted by molar-refractivity contribution is -0.139. The Hall–Kier alpha value is -1.76. The van der Waals surface area contributed by atoms with Gasteiger partial charge in [-0.2, -0.15) is 0 Å². The summed E-state index contributed by atoms with van der Waals surface area (Å²) in [6, 6.07) is 6.26. The van der Waals surface area contributed by atoms with Crippen LogP contribution in [0.25, 0.3) is 0 Å². The SMILES string of the molecule is COC(=O)CN(NC(N)=O)c1ccc(Br)cc1. The zero-order chi connectivity index (χ0) is 12.8. The standard InChI is InChI=1S/C10H12BrN3O3/c1-17-9(15)6-14(13-10(12)16)8-4-2-7(11)3-5-8/h2-5H,6H2,1H3,(H3,12,13,16). The first-order chi connectivity index (χ1) is 8.02. The number of hydrogen-bond donors (Lipinski definition) is 2. The average Bonchev–Trinajstić information content (AvgIpc) is 2.28. The van der Waals surface area contributed by atoms with Crippen molar-refractivity contribution in [3.63, 3.8) is 0 Å². The molecular formula is C10H12BrN3O3. The largest absolute Gasteiger partial charge is 0.468 e. The molecule has 6 nitrogen and oxygen atoms in total. The van der Waals surface area contributed by atoms with E-state index in [1.165, 1.54) is 12.1 Å². The number of esters is 1. The van der Waals surface area contributed by atoms with Gasteiger partial charge < -0.3 is 10.5 Å². The number of methoxy groups -OCH3 is 1. The molecule has 0 aromatic heterocycles. The number of halogens is 1. The lowest BCUT2D eigenvalue weighted by Crippen LogP contribution is -2.47. The fraction of sp³-hybridized carbons (Fsp3) is 0.200. The summed E-state index contributed by atoms with van der Waals surface area (Å²) in [5, 5.41) is 1.31. The summed E-state index contributed by atoms with van der Waals surface area (Å²) in [6.45, 7) is -0.124. The highest BCUT2D eigenvalue weighted by molar-refractivity contribution is 9.10. The van der Waals surface area contributed by atoms with E-state index in [0.717, 1.165) is 4.47 Å². The van der Waals surface area contributed by atoms with Crippen molar-refractivity contribution in [1.29, 1.82) is 0 Å². The van der Waals surface area contributed by atoms with Gasteiger partial charge in [0.05, 0.1) is 12.8 Å². The lowest BCUT2D eigenvalue weighted by Gasteiger charge is -2.22. The summed E-state index contributed by atoms with van der Waals surface area (Å²) in [6.07, 6.45) is 0. The Morgan fingerprint density at radius 1 is 1.41 bits per heavy atom. The van der Waals surface area contributed by atoms with E-state index in [0.29, 0.717) is 5.69 Å². The topological polar surface area (TPSA) is 84.7 Å². The normalized spacial score (nSPS) is 9.53. The van der Waals surface area contributed by atoms with Gasteiger partial charge in [0, 0.05) is 4.47 Å². The number of primary amides is 1. The van der Waals surface area contributed by atoms with Crippen molar-refractivity contribution < 1.29 is 14.3 Å². The van der Waals surface area contributed by atoms with E-state index in [9.17, 15) is 9.59 Å². The molecule has 7 heteroatoms. The third-order valence-corrected chi connectivity index (χ3v) is 2.43. The fourth-order valence-electron chi connectivity index (χ4n) is 1.14. The van der Waals surface area contributed by atoms with Crippen LogP contribution in [-0.2, 0) is 9.53 Å². The molecule has 1 aromatic rings. The zero-order valence-electron chi connectivity index (χ0n) is 9.14. The van der Waals surface area contributed by atoms with Crippen LogP contribution >= 0.6 is 15.9 Å². The highest BCUT2D eigenvalue weighted by atomic mass is 79.9. The van der Waals surface area contributed by atoms with Crippen molar-refractivity contribution in [3.8, 4) is 0 Å².